The number of hydrogen-bond acceptors (Lipinski definition) is 4. The molecule has 4 rings (SSSR count). The summed E-state index contributed by atoms with van der Waals surface area (Å²) in [5.74, 6) is -1.54. The number of amides is 1. The summed E-state index contributed by atoms with van der Waals surface area (Å²) in [6.45, 7) is 2.88. The van der Waals surface area contributed by atoms with E-state index < -0.39 is 11.9 Å². The van der Waals surface area contributed by atoms with Crippen LogP contribution in [0, 0.1) is 0 Å². The first-order valence-electron chi connectivity index (χ1n) is 11.0. The van der Waals surface area contributed by atoms with Crippen LogP contribution < -0.4 is 39.8 Å². The number of nitrogens with one attached hydrogen (secondary N) is 1. The number of nitrogens with zero attached hydrogens (tertiary/aromatic N) is 2. The van der Waals surface area contributed by atoms with Crippen molar-refractivity contribution in [2.45, 2.75) is 6.92 Å². The molecule has 0 bridgehead atoms. The minimum Gasteiger partial charge on any atom is -1.00 e. The van der Waals surface area contributed by atoms with Gasteiger partial charge in [-0.15, -0.1) is 0 Å². The summed E-state index contributed by atoms with van der Waals surface area (Å²) in [6, 6.07) is 24.3. The largest absolute Gasteiger partial charge is 1.00 e. The van der Waals surface area contributed by atoms with Crippen LogP contribution >= 0.6 is 0 Å². The van der Waals surface area contributed by atoms with Gasteiger partial charge in [-0.25, -0.2) is 4.79 Å². The molecule has 0 spiro atoms. The molecule has 3 aromatic carbocycles. The zero-order chi connectivity index (χ0) is 24.1. The Morgan fingerprint density at radius 1 is 0.914 bits per heavy atom. The van der Waals surface area contributed by atoms with Gasteiger partial charge in [-0.2, -0.15) is 0 Å². The molecule has 0 saturated heterocycles. The van der Waals surface area contributed by atoms with E-state index in [1.807, 2.05) is 61.6 Å². The number of hydrogen-bond donors (Lipinski definition) is 2. The van der Waals surface area contributed by atoms with E-state index in [0.29, 0.717) is 5.56 Å². The Kier molecular flexibility index (Phi) is 8.82. The SMILES string of the molecule is CCN(C)c1ccccc1-c1ccc(C(=O)O)c(NC(=O)c2cncc(-c3ccccc3)c2)c1.[H-].[Na+]. The average molecular weight is 476 g/mol. The van der Waals surface area contributed by atoms with Gasteiger partial charge in [-0.1, -0.05) is 54.6 Å². The maximum atomic E-state index is 13.1. The fourth-order valence-corrected chi connectivity index (χ4v) is 3.77. The van der Waals surface area contributed by atoms with Gasteiger partial charge in [0.05, 0.1) is 16.8 Å². The van der Waals surface area contributed by atoms with Crippen LogP contribution in [0.3, 0.4) is 0 Å². The Balaban J connectivity index is 0.00000228. The second-order valence-corrected chi connectivity index (χ2v) is 7.88. The zero-order valence-electron chi connectivity index (χ0n) is 21.0. The predicted octanol–water partition coefficient (Wildman–Crippen LogP) is 2.94. The van der Waals surface area contributed by atoms with Crippen LogP contribution in [0.5, 0.6) is 0 Å². The number of carbonyl (C=O) groups excluding carboxylic acids is 1. The number of para-hydroxylation sites is 1. The minimum absolute atomic E-state index is 0. The average Bonchev–Trinajstić information content (AvgIpc) is 2.88. The molecule has 1 heterocycles. The maximum absolute atomic E-state index is 13.1. The predicted molar refractivity (Wildman–Crippen MR) is 137 cm³/mol. The van der Waals surface area contributed by atoms with Crippen molar-refractivity contribution in [1.82, 2.24) is 4.98 Å². The van der Waals surface area contributed by atoms with Gasteiger partial charge in [0.25, 0.3) is 5.91 Å². The van der Waals surface area contributed by atoms with Crippen molar-refractivity contribution in [2.24, 2.45) is 0 Å². The van der Waals surface area contributed by atoms with E-state index in [1.54, 1.807) is 24.4 Å². The van der Waals surface area contributed by atoms with E-state index in [2.05, 4.69) is 22.1 Å². The monoisotopic (exact) mass is 475 g/mol. The Morgan fingerprint density at radius 2 is 1.63 bits per heavy atom. The van der Waals surface area contributed by atoms with E-state index in [9.17, 15) is 14.7 Å². The smallest absolute Gasteiger partial charge is 1.00 e. The number of aromatic carboxylic acids is 1. The first-order valence-corrected chi connectivity index (χ1v) is 11.0. The fraction of sp³-hybridized carbons (Fsp3) is 0.107. The Hall–Kier alpha value is -3.45. The molecule has 2 N–H and O–H groups in total. The first kappa shape index (κ1) is 26.2. The topological polar surface area (TPSA) is 82.5 Å². The second-order valence-electron chi connectivity index (χ2n) is 7.88. The number of rotatable bonds is 7. The summed E-state index contributed by atoms with van der Waals surface area (Å²) in [5, 5.41) is 12.5. The molecule has 0 fully saturated rings. The number of benzene rings is 3. The van der Waals surface area contributed by atoms with Gasteiger partial charge in [0.2, 0.25) is 0 Å². The second kappa shape index (κ2) is 11.8. The first-order chi connectivity index (χ1) is 16.5. The number of aromatic nitrogens is 1. The summed E-state index contributed by atoms with van der Waals surface area (Å²) >= 11 is 0. The molecule has 172 valence electrons. The third-order valence-corrected chi connectivity index (χ3v) is 5.71. The summed E-state index contributed by atoms with van der Waals surface area (Å²) in [7, 11) is 2.00. The quantitative estimate of drug-likeness (QED) is 0.402. The summed E-state index contributed by atoms with van der Waals surface area (Å²) in [5.41, 5.74) is 5.12. The molecule has 1 aromatic heterocycles. The molecule has 0 atom stereocenters. The van der Waals surface area contributed by atoms with E-state index in [0.717, 1.165) is 34.5 Å². The molecule has 0 aliphatic heterocycles. The van der Waals surface area contributed by atoms with Crippen LogP contribution in [-0.2, 0) is 0 Å². The molecule has 0 aliphatic carbocycles. The van der Waals surface area contributed by atoms with Crippen molar-refractivity contribution in [3.8, 4) is 22.3 Å². The zero-order valence-corrected chi connectivity index (χ0v) is 22.0. The van der Waals surface area contributed by atoms with E-state index in [1.165, 1.54) is 12.3 Å². The van der Waals surface area contributed by atoms with Gasteiger partial charge >= 0.3 is 35.5 Å². The Morgan fingerprint density at radius 3 is 2.34 bits per heavy atom. The van der Waals surface area contributed by atoms with Gasteiger partial charge in [0.1, 0.15) is 0 Å². The third-order valence-electron chi connectivity index (χ3n) is 5.71. The molecule has 0 unspecified atom stereocenters. The van der Waals surface area contributed by atoms with Crippen molar-refractivity contribution in [3.05, 3.63) is 102 Å². The molecular formula is C28H26N3NaO3. The van der Waals surface area contributed by atoms with Crippen LogP contribution in [0.15, 0.2) is 91.3 Å². The molecule has 0 aliphatic rings. The molecule has 6 nitrogen and oxygen atoms in total. The molecule has 0 saturated carbocycles. The molecule has 1 amide bonds. The van der Waals surface area contributed by atoms with Crippen molar-refractivity contribution in [3.63, 3.8) is 0 Å². The van der Waals surface area contributed by atoms with Crippen LogP contribution in [0.4, 0.5) is 11.4 Å². The Bertz CT molecular complexity index is 1350. The summed E-state index contributed by atoms with van der Waals surface area (Å²) in [4.78, 5) is 31.3. The number of pyridine rings is 1. The van der Waals surface area contributed by atoms with Gasteiger partial charge in [0, 0.05) is 42.8 Å². The number of anilines is 2. The number of carboxylic acid groups (broad SMARTS) is 1. The summed E-state index contributed by atoms with van der Waals surface area (Å²) in [6.07, 6.45) is 3.16. The molecule has 0 radical (unpaired) electrons. The van der Waals surface area contributed by atoms with Crippen LogP contribution in [0.2, 0.25) is 0 Å². The van der Waals surface area contributed by atoms with E-state index in [4.69, 9.17) is 0 Å². The minimum atomic E-state index is -1.11. The van der Waals surface area contributed by atoms with E-state index in [-0.39, 0.29) is 42.2 Å². The standard InChI is InChI=1S/C28H25N3O3.Na.H/c1-3-31(2)26-12-8-7-11-23(26)20-13-14-24(28(33)34)25(16-20)30-27(32)22-15-21(17-29-18-22)19-9-5-4-6-10-19;;/h4-18H,3H2,1-2H3,(H,30,32)(H,33,34);;/q;+1;-1. The van der Waals surface area contributed by atoms with Crippen molar-refractivity contribution in [1.29, 1.82) is 0 Å². The summed E-state index contributed by atoms with van der Waals surface area (Å²) < 4.78 is 0. The van der Waals surface area contributed by atoms with Crippen LogP contribution in [0.1, 0.15) is 29.1 Å². The van der Waals surface area contributed by atoms with Gasteiger partial charge < -0.3 is 16.7 Å². The van der Waals surface area contributed by atoms with Gasteiger partial charge in [-0.3, -0.25) is 9.78 Å². The molecule has 4 aromatic rings. The van der Waals surface area contributed by atoms with Crippen molar-refractivity contribution in [2.75, 3.05) is 23.8 Å². The van der Waals surface area contributed by atoms with Crippen molar-refractivity contribution >= 4 is 23.3 Å². The van der Waals surface area contributed by atoms with Crippen molar-refractivity contribution < 1.29 is 45.7 Å². The normalized spacial score (nSPS) is 10.2. The number of carbonyl (C=O) groups is 2. The number of carboxylic acids is 1. The molecule has 35 heavy (non-hydrogen) atoms. The Labute approximate surface area is 228 Å². The molecular weight excluding hydrogens is 449 g/mol. The van der Waals surface area contributed by atoms with Crippen LogP contribution in [0.25, 0.3) is 22.3 Å². The van der Waals surface area contributed by atoms with Gasteiger partial charge in [-0.05, 0) is 42.3 Å². The fourth-order valence-electron chi connectivity index (χ4n) is 3.77. The van der Waals surface area contributed by atoms with Crippen LogP contribution in [-0.4, -0.2) is 35.6 Å². The molecule has 7 heteroatoms. The van der Waals surface area contributed by atoms with E-state index >= 15 is 0 Å². The third kappa shape index (κ3) is 5.98. The van der Waals surface area contributed by atoms with Gasteiger partial charge in [0.15, 0.2) is 0 Å². The maximum Gasteiger partial charge on any atom is 1.00 e.